The van der Waals surface area contributed by atoms with Crippen molar-refractivity contribution >= 4 is 23.7 Å². The van der Waals surface area contributed by atoms with Gasteiger partial charge in [-0.05, 0) is 13.3 Å². The van der Waals surface area contributed by atoms with E-state index in [1.165, 1.54) is 19.5 Å². The number of aromatic nitrogens is 4. The summed E-state index contributed by atoms with van der Waals surface area (Å²) in [5, 5.41) is 16.9. The number of hydrogen-bond donors (Lipinski definition) is 3. The Kier molecular flexibility index (Phi) is 5.05. The average Bonchev–Trinajstić information content (AvgIpc) is 2.89. The van der Waals surface area contributed by atoms with Crippen LogP contribution in [-0.2, 0) is 6.18 Å². The quantitative estimate of drug-likeness (QED) is 0.701. The number of alkyl halides is 3. The third-order valence-electron chi connectivity index (χ3n) is 3.55. The molecule has 0 saturated carbocycles. The van der Waals surface area contributed by atoms with E-state index in [2.05, 4.69) is 25.7 Å². The van der Waals surface area contributed by atoms with Crippen LogP contribution in [-0.4, -0.2) is 33.0 Å². The molecule has 10 heteroatoms. The van der Waals surface area contributed by atoms with Gasteiger partial charge in [-0.3, -0.25) is 4.68 Å². The topological polar surface area (TPSA) is 91.5 Å². The van der Waals surface area contributed by atoms with Gasteiger partial charge in [0.1, 0.15) is 11.4 Å². The highest BCUT2D eigenvalue weighted by Gasteiger charge is 2.35. The van der Waals surface area contributed by atoms with Crippen LogP contribution in [0.15, 0.2) is 12.4 Å². The van der Waals surface area contributed by atoms with E-state index in [4.69, 9.17) is 5.41 Å². The Bertz CT molecular complexity index is 724. The lowest BCUT2D eigenvalue weighted by atomic mass is 10.2. The summed E-state index contributed by atoms with van der Waals surface area (Å²) in [5.41, 5.74) is 0.370. The van der Waals surface area contributed by atoms with E-state index >= 15 is 0 Å². The van der Waals surface area contributed by atoms with Crippen molar-refractivity contribution in [2.75, 3.05) is 17.7 Å². The van der Waals surface area contributed by atoms with Crippen molar-refractivity contribution in [3.63, 3.8) is 0 Å². The van der Waals surface area contributed by atoms with Crippen molar-refractivity contribution in [3.8, 4) is 0 Å². The first-order valence-corrected chi connectivity index (χ1v) is 7.25. The molecule has 0 radical (unpaired) electrons. The molecule has 7 nitrogen and oxygen atoms in total. The van der Waals surface area contributed by atoms with Crippen LogP contribution in [0.5, 0.6) is 0 Å². The van der Waals surface area contributed by atoms with Crippen molar-refractivity contribution < 1.29 is 13.2 Å². The van der Waals surface area contributed by atoms with Crippen LogP contribution in [0.1, 0.15) is 30.6 Å². The predicted molar refractivity (Wildman–Crippen MR) is 84.9 cm³/mol. The molecular weight excluding hydrogens is 323 g/mol. The minimum Gasteiger partial charge on any atom is -0.372 e. The Morgan fingerprint density at radius 1 is 1.38 bits per heavy atom. The fraction of sp³-hybridized carbons (Fsp3) is 0.429. The van der Waals surface area contributed by atoms with Crippen molar-refractivity contribution in [1.29, 1.82) is 5.41 Å². The van der Waals surface area contributed by atoms with Crippen LogP contribution in [0.4, 0.5) is 30.6 Å². The highest BCUT2D eigenvalue weighted by molar-refractivity contribution is 5.62. The Morgan fingerprint density at radius 3 is 2.62 bits per heavy atom. The normalized spacial score (nSPS) is 12.8. The molecule has 130 valence electrons. The fourth-order valence-electron chi connectivity index (χ4n) is 2.20. The van der Waals surface area contributed by atoms with Crippen LogP contribution in [0.2, 0.25) is 0 Å². The number of halogens is 3. The summed E-state index contributed by atoms with van der Waals surface area (Å²) in [4.78, 5) is 7.57. The van der Waals surface area contributed by atoms with Crippen molar-refractivity contribution in [3.05, 3.63) is 23.7 Å². The predicted octanol–water partition coefficient (Wildman–Crippen LogP) is 3.39. The summed E-state index contributed by atoms with van der Waals surface area (Å²) in [7, 11) is 1.36. The SMILES string of the molecule is CC[C@H](C=N)n1ncc(Nc2ncc(C(F)(F)F)c(NC)n2)c1C. The zero-order valence-corrected chi connectivity index (χ0v) is 13.4. The lowest BCUT2D eigenvalue weighted by Gasteiger charge is -2.14. The molecule has 2 rings (SSSR count). The summed E-state index contributed by atoms with van der Waals surface area (Å²) < 4.78 is 40.2. The molecule has 0 unspecified atom stereocenters. The molecule has 2 aromatic heterocycles. The van der Waals surface area contributed by atoms with Gasteiger partial charge in [0.05, 0.1) is 23.6 Å². The Balaban J connectivity index is 2.31. The van der Waals surface area contributed by atoms with E-state index in [1.807, 2.05) is 6.92 Å². The maximum atomic E-state index is 12.9. The summed E-state index contributed by atoms with van der Waals surface area (Å²) >= 11 is 0. The van der Waals surface area contributed by atoms with E-state index < -0.39 is 11.7 Å². The standard InChI is InChI=1S/C14H18F3N7/c1-4-9(5-18)24-8(2)11(7-21-24)22-13-20-6-10(14(15,16)17)12(19-3)23-13/h5-7,9,18H,4H2,1-3H3,(H2,19,20,22,23)/t9-/m1/s1. The molecule has 1 atom stereocenters. The van der Waals surface area contributed by atoms with E-state index in [0.717, 1.165) is 11.9 Å². The van der Waals surface area contributed by atoms with Gasteiger partial charge in [0.25, 0.3) is 0 Å². The van der Waals surface area contributed by atoms with E-state index in [1.54, 1.807) is 11.6 Å². The molecule has 3 N–H and O–H groups in total. The lowest BCUT2D eigenvalue weighted by molar-refractivity contribution is -0.137. The van der Waals surface area contributed by atoms with Gasteiger partial charge in [-0.15, -0.1) is 0 Å². The molecular formula is C14H18F3N7. The highest BCUT2D eigenvalue weighted by Crippen LogP contribution is 2.34. The molecule has 0 spiro atoms. The number of anilines is 3. The Hall–Kier alpha value is -2.65. The molecule has 0 aliphatic heterocycles. The molecule has 0 aromatic carbocycles. The minimum absolute atomic E-state index is 0.0258. The molecule has 0 aliphatic carbocycles. The fourth-order valence-corrected chi connectivity index (χ4v) is 2.20. The van der Waals surface area contributed by atoms with Crippen molar-refractivity contribution in [2.45, 2.75) is 32.5 Å². The van der Waals surface area contributed by atoms with Crippen LogP contribution in [0.25, 0.3) is 0 Å². The van der Waals surface area contributed by atoms with Gasteiger partial charge in [0.2, 0.25) is 5.95 Å². The molecule has 2 aromatic rings. The first-order valence-electron chi connectivity index (χ1n) is 7.25. The van der Waals surface area contributed by atoms with Gasteiger partial charge in [-0.2, -0.15) is 23.3 Å². The largest absolute Gasteiger partial charge is 0.421 e. The third-order valence-corrected chi connectivity index (χ3v) is 3.55. The third kappa shape index (κ3) is 3.47. The van der Waals surface area contributed by atoms with Gasteiger partial charge in [-0.1, -0.05) is 6.92 Å². The van der Waals surface area contributed by atoms with Crippen LogP contribution < -0.4 is 10.6 Å². The number of nitrogens with zero attached hydrogens (tertiary/aromatic N) is 4. The number of hydrogen-bond acceptors (Lipinski definition) is 6. The van der Waals surface area contributed by atoms with Gasteiger partial charge in [0.15, 0.2) is 0 Å². The molecule has 2 heterocycles. The minimum atomic E-state index is -4.53. The number of rotatable bonds is 6. The van der Waals surface area contributed by atoms with Crippen LogP contribution in [0, 0.1) is 12.3 Å². The summed E-state index contributed by atoms with van der Waals surface area (Å²) in [5.74, 6) is -0.283. The van der Waals surface area contributed by atoms with Crippen molar-refractivity contribution in [1.82, 2.24) is 19.7 Å². The molecule has 0 amide bonds. The second kappa shape index (κ2) is 6.85. The zero-order chi connectivity index (χ0) is 17.9. The monoisotopic (exact) mass is 341 g/mol. The summed E-state index contributed by atoms with van der Waals surface area (Å²) in [6.45, 7) is 3.73. The summed E-state index contributed by atoms with van der Waals surface area (Å²) in [6.07, 6.45) is -0.283. The second-order valence-corrected chi connectivity index (χ2v) is 5.06. The van der Waals surface area contributed by atoms with Crippen LogP contribution >= 0.6 is 0 Å². The van der Waals surface area contributed by atoms with E-state index in [9.17, 15) is 13.2 Å². The second-order valence-electron chi connectivity index (χ2n) is 5.06. The maximum absolute atomic E-state index is 12.9. The first-order chi connectivity index (χ1) is 11.3. The molecule has 0 fully saturated rings. The molecule has 0 aliphatic rings. The smallest absolute Gasteiger partial charge is 0.372 e. The Morgan fingerprint density at radius 2 is 2.08 bits per heavy atom. The van der Waals surface area contributed by atoms with E-state index in [-0.39, 0.29) is 17.8 Å². The molecule has 24 heavy (non-hydrogen) atoms. The van der Waals surface area contributed by atoms with Crippen molar-refractivity contribution in [2.24, 2.45) is 0 Å². The van der Waals surface area contributed by atoms with E-state index in [0.29, 0.717) is 12.1 Å². The average molecular weight is 341 g/mol. The molecule has 0 saturated heterocycles. The number of nitrogens with one attached hydrogen (secondary N) is 3. The maximum Gasteiger partial charge on any atom is 0.421 e. The highest BCUT2D eigenvalue weighted by atomic mass is 19.4. The molecule has 0 bridgehead atoms. The van der Waals surface area contributed by atoms with Gasteiger partial charge in [0, 0.05) is 19.5 Å². The lowest BCUT2D eigenvalue weighted by Crippen LogP contribution is -2.13. The Labute approximate surface area is 136 Å². The van der Waals surface area contributed by atoms with Gasteiger partial charge < -0.3 is 16.0 Å². The summed E-state index contributed by atoms with van der Waals surface area (Å²) in [6, 6.07) is -0.179. The zero-order valence-electron chi connectivity index (χ0n) is 13.4. The van der Waals surface area contributed by atoms with Gasteiger partial charge in [-0.25, -0.2) is 4.98 Å². The first kappa shape index (κ1) is 17.7. The van der Waals surface area contributed by atoms with Gasteiger partial charge >= 0.3 is 6.18 Å². The van der Waals surface area contributed by atoms with Crippen LogP contribution in [0.3, 0.4) is 0 Å².